The Balaban J connectivity index is 1.25. The molecule has 0 aliphatic carbocycles. The molecule has 0 saturated carbocycles. The van der Waals surface area contributed by atoms with Crippen molar-refractivity contribution in [3.05, 3.63) is 107 Å². The maximum Gasteiger partial charge on any atom is 0.265 e. The van der Waals surface area contributed by atoms with Gasteiger partial charge in [-0.1, -0.05) is 30.3 Å². The van der Waals surface area contributed by atoms with Crippen LogP contribution in [-0.2, 0) is 6.54 Å². The minimum absolute atomic E-state index is 0.0905. The van der Waals surface area contributed by atoms with Gasteiger partial charge in [0.15, 0.2) is 11.5 Å². The molecular formula is C34H34N6O5. The first-order valence-corrected chi connectivity index (χ1v) is 14.6. The van der Waals surface area contributed by atoms with Crippen molar-refractivity contribution in [2.24, 2.45) is 0 Å². The molecule has 1 aliphatic rings. The van der Waals surface area contributed by atoms with Gasteiger partial charge in [0.2, 0.25) is 0 Å². The van der Waals surface area contributed by atoms with Gasteiger partial charge in [0.05, 0.1) is 38.2 Å². The number of piperazine rings is 1. The number of rotatable bonds is 9. The zero-order chi connectivity index (χ0) is 31.3. The van der Waals surface area contributed by atoms with Crippen LogP contribution in [0.4, 0.5) is 11.5 Å². The number of methoxy groups -OCH3 is 2. The van der Waals surface area contributed by atoms with Gasteiger partial charge in [0.25, 0.3) is 11.5 Å². The van der Waals surface area contributed by atoms with E-state index in [0.717, 1.165) is 24.0 Å². The van der Waals surface area contributed by atoms with Crippen LogP contribution in [0.25, 0.3) is 10.9 Å². The number of ether oxygens (including phenoxy) is 3. The lowest BCUT2D eigenvalue weighted by molar-refractivity contribution is 0.102. The third-order valence-electron chi connectivity index (χ3n) is 7.82. The number of nitrogens with zero attached hydrogens (tertiary/aromatic N) is 5. The number of pyridine rings is 3. The summed E-state index contributed by atoms with van der Waals surface area (Å²) in [5, 5.41) is 3.57. The Hall–Kier alpha value is -5.42. The second-order valence-corrected chi connectivity index (χ2v) is 10.8. The minimum Gasteiger partial charge on any atom is -0.493 e. The Labute approximate surface area is 260 Å². The molecule has 0 radical (unpaired) electrons. The van der Waals surface area contributed by atoms with Crippen LogP contribution in [-0.4, -0.2) is 72.8 Å². The number of aromatic nitrogens is 3. The molecule has 2 aromatic carbocycles. The first kappa shape index (κ1) is 29.6. The van der Waals surface area contributed by atoms with Crippen molar-refractivity contribution in [1.82, 2.24) is 19.4 Å². The lowest BCUT2D eigenvalue weighted by Gasteiger charge is -2.35. The summed E-state index contributed by atoms with van der Waals surface area (Å²) < 4.78 is 18.5. The van der Waals surface area contributed by atoms with E-state index in [9.17, 15) is 9.59 Å². The number of fused-ring (bicyclic) bond motifs is 1. The molecule has 6 rings (SSSR count). The quantitative estimate of drug-likeness (QED) is 0.256. The fraction of sp³-hybridized carbons (Fsp3) is 0.235. The number of hydrogen-bond acceptors (Lipinski definition) is 9. The summed E-state index contributed by atoms with van der Waals surface area (Å²) in [5.41, 5.74) is 2.00. The van der Waals surface area contributed by atoms with Crippen molar-refractivity contribution in [3.8, 4) is 23.0 Å². The molecule has 45 heavy (non-hydrogen) atoms. The van der Waals surface area contributed by atoms with E-state index < -0.39 is 5.91 Å². The summed E-state index contributed by atoms with van der Waals surface area (Å²) in [7, 11) is 5.20. The van der Waals surface area contributed by atoms with Gasteiger partial charge in [-0.05, 0) is 42.9 Å². The molecule has 11 heteroatoms. The Morgan fingerprint density at radius 2 is 1.64 bits per heavy atom. The van der Waals surface area contributed by atoms with Gasteiger partial charge < -0.3 is 33.9 Å². The first-order valence-electron chi connectivity index (χ1n) is 14.6. The minimum atomic E-state index is -0.515. The molecule has 1 N–H and O–H groups in total. The van der Waals surface area contributed by atoms with Crippen LogP contribution in [0, 0.1) is 0 Å². The standard InChI is InChI=1S/C34H34N6O5/c1-38-15-17-39(18-16-38)27-12-14-40(22-23-7-5-4-6-8-23)34(42)32(27)33(41)37-31-10-9-24(21-36-31)45-28-11-13-35-26-20-30(44-3)29(43-2)19-25(26)28/h4-14,19-21H,15-18,22H2,1-3H3,(H,36,37,41). The van der Waals surface area contributed by atoms with Gasteiger partial charge in [-0.3, -0.25) is 14.6 Å². The topological polar surface area (TPSA) is 111 Å². The van der Waals surface area contributed by atoms with E-state index >= 15 is 0 Å². The zero-order valence-corrected chi connectivity index (χ0v) is 25.4. The molecule has 0 spiro atoms. The highest BCUT2D eigenvalue weighted by Gasteiger charge is 2.25. The van der Waals surface area contributed by atoms with Gasteiger partial charge in [0.1, 0.15) is 22.9 Å². The Bertz CT molecular complexity index is 1870. The fourth-order valence-corrected chi connectivity index (χ4v) is 5.35. The molecule has 0 unspecified atom stereocenters. The molecular weight excluding hydrogens is 572 g/mol. The maximum atomic E-state index is 13.8. The highest BCUT2D eigenvalue weighted by Crippen LogP contribution is 2.36. The van der Waals surface area contributed by atoms with Gasteiger partial charge in [-0.15, -0.1) is 0 Å². The molecule has 11 nitrogen and oxygen atoms in total. The highest BCUT2D eigenvalue weighted by molar-refractivity contribution is 6.07. The Morgan fingerprint density at radius 3 is 2.36 bits per heavy atom. The number of likely N-dealkylation sites (N-methyl/N-ethyl adjacent to an activating group) is 1. The van der Waals surface area contributed by atoms with Crippen LogP contribution in [0.3, 0.4) is 0 Å². The molecule has 1 fully saturated rings. The van der Waals surface area contributed by atoms with E-state index in [-0.39, 0.29) is 11.1 Å². The summed E-state index contributed by atoms with van der Waals surface area (Å²) in [6, 6.07) is 20.2. The number of benzene rings is 2. The molecule has 1 aliphatic heterocycles. The predicted molar refractivity (Wildman–Crippen MR) is 173 cm³/mol. The molecule has 1 amide bonds. The SMILES string of the molecule is COc1cc2nccc(Oc3ccc(NC(=O)c4c(N5CCN(C)CC5)ccn(Cc5ccccc5)c4=O)nc3)c2cc1OC. The lowest BCUT2D eigenvalue weighted by Crippen LogP contribution is -2.46. The van der Waals surface area contributed by atoms with Crippen molar-refractivity contribution < 1.29 is 19.0 Å². The average Bonchev–Trinajstić information content (AvgIpc) is 3.06. The van der Waals surface area contributed by atoms with Crippen molar-refractivity contribution in [2.45, 2.75) is 6.54 Å². The third-order valence-corrected chi connectivity index (χ3v) is 7.82. The summed E-state index contributed by atoms with van der Waals surface area (Å²) >= 11 is 0. The van der Waals surface area contributed by atoms with Crippen LogP contribution < -0.4 is 30.0 Å². The summed E-state index contributed by atoms with van der Waals surface area (Å²) in [6.07, 6.45) is 4.93. The van der Waals surface area contributed by atoms with Crippen molar-refractivity contribution in [2.75, 3.05) is 57.7 Å². The van der Waals surface area contributed by atoms with E-state index in [0.29, 0.717) is 59.7 Å². The van der Waals surface area contributed by atoms with Crippen LogP contribution in [0.2, 0.25) is 0 Å². The number of anilines is 2. The number of amides is 1. The smallest absolute Gasteiger partial charge is 0.265 e. The number of carbonyl (C=O) groups excluding carboxylic acids is 1. The van der Waals surface area contributed by atoms with E-state index in [1.54, 1.807) is 61.5 Å². The molecule has 0 bridgehead atoms. The molecule has 4 heterocycles. The first-order chi connectivity index (χ1) is 21.9. The predicted octanol–water partition coefficient (Wildman–Crippen LogP) is 4.65. The summed E-state index contributed by atoms with van der Waals surface area (Å²) in [5.74, 6) is 1.91. The monoisotopic (exact) mass is 606 g/mol. The molecule has 0 atom stereocenters. The molecule has 3 aromatic heterocycles. The largest absolute Gasteiger partial charge is 0.493 e. The van der Waals surface area contributed by atoms with Crippen LogP contribution in [0.5, 0.6) is 23.0 Å². The maximum absolute atomic E-state index is 13.8. The Kier molecular flexibility index (Phi) is 8.61. The van der Waals surface area contributed by atoms with Crippen LogP contribution >= 0.6 is 0 Å². The Morgan fingerprint density at radius 1 is 0.889 bits per heavy atom. The van der Waals surface area contributed by atoms with E-state index in [1.165, 1.54) is 6.20 Å². The van der Waals surface area contributed by atoms with Crippen LogP contribution in [0.15, 0.2) is 90.1 Å². The summed E-state index contributed by atoms with van der Waals surface area (Å²) in [6.45, 7) is 3.46. The highest BCUT2D eigenvalue weighted by atomic mass is 16.5. The van der Waals surface area contributed by atoms with Crippen molar-refractivity contribution in [3.63, 3.8) is 0 Å². The number of carbonyl (C=O) groups is 1. The third kappa shape index (κ3) is 6.43. The zero-order valence-electron chi connectivity index (χ0n) is 25.4. The second kappa shape index (κ2) is 13.1. The normalized spacial score (nSPS) is 13.4. The second-order valence-electron chi connectivity index (χ2n) is 10.8. The van der Waals surface area contributed by atoms with Gasteiger partial charge in [-0.25, -0.2) is 4.98 Å². The van der Waals surface area contributed by atoms with Gasteiger partial charge in [0, 0.05) is 50.0 Å². The fourth-order valence-electron chi connectivity index (χ4n) is 5.35. The molecule has 1 saturated heterocycles. The van der Waals surface area contributed by atoms with Crippen molar-refractivity contribution >= 4 is 28.3 Å². The molecule has 230 valence electrons. The van der Waals surface area contributed by atoms with E-state index in [1.807, 2.05) is 36.4 Å². The average molecular weight is 607 g/mol. The number of hydrogen-bond donors (Lipinski definition) is 1. The van der Waals surface area contributed by atoms with E-state index in [2.05, 4.69) is 32.1 Å². The van der Waals surface area contributed by atoms with E-state index in [4.69, 9.17) is 14.2 Å². The lowest BCUT2D eigenvalue weighted by atomic mass is 10.1. The van der Waals surface area contributed by atoms with Gasteiger partial charge in [-0.2, -0.15) is 0 Å². The molecule has 5 aromatic rings. The van der Waals surface area contributed by atoms with Crippen LogP contribution in [0.1, 0.15) is 15.9 Å². The number of nitrogens with one attached hydrogen (secondary N) is 1. The summed E-state index contributed by atoms with van der Waals surface area (Å²) in [4.78, 5) is 40.7. The van der Waals surface area contributed by atoms with Gasteiger partial charge >= 0.3 is 0 Å². The van der Waals surface area contributed by atoms with Crippen molar-refractivity contribution in [1.29, 1.82) is 0 Å².